The number of fused-ring (bicyclic) bond motifs is 4. The minimum atomic E-state index is -0.808. The van der Waals surface area contributed by atoms with Gasteiger partial charge in [0.15, 0.2) is 0 Å². The van der Waals surface area contributed by atoms with Crippen LogP contribution in [0.5, 0.6) is 0 Å². The Morgan fingerprint density at radius 1 is 1.03 bits per heavy atom. The summed E-state index contributed by atoms with van der Waals surface area (Å²) in [6.07, 6.45) is 0.0561. The molecule has 2 fully saturated rings. The molecule has 2 saturated heterocycles. The van der Waals surface area contributed by atoms with E-state index < -0.39 is 11.9 Å². The van der Waals surface area contributed by atoms with Crippen LogP contribution in [0.3, 0.4) is 0 Å². The van der Waals surface area contributed by atoms with Gasteiger partial charge in [-0.3, -0.25) is 4.79 Å². The Balaban J connectivity index is 1.32. The van der Waals surface area contributed by atoms with Gasteiger partial charge < -0.3 is 19.5 Å². The van der Waals surface area contributed by atoms with Crippen LogP contribution in [0.4, 0.5) is 4.79 Å². The number of aliphatic carboxylic acids is 1. The first-order chi connectivity index (χ1) is 14.1. The fourth-order valence-corrected chi connectivity index (χ4v) is 5.13. The lowest BCUT2D eigenvalue weighted by Crippen LogP contribution is -2.53. The van der Waals surface area contributed by atoms with E-state index in [9.17, 15) is 14.7 Å². The largest absolute Gasteiger partial charge is 0.481 e. The number of carbonyl (C=O) groups excluding carboxylic acids is 1. The summed E-state index contributed by atoms with van der Waals surface area (Å²) in [5.74, 6) is -1.42. The summed E-state index contributed by atoms with van der Waals surface area (Å²) in [5, 5.41) is 9.45. The number of piperidine rings is 1. The van der Waals surface area contributed by atoms with Gasteiger partial charge in [-0.2, -0.15) is 0 Å². The zero-order valence-electron chi connectivity index (χ0n) is 16.0. The van der Waals surface area contributed by atoms with Crippen molar-refractivity contribution in [3.05, 3.63) is 59.7 Å². The summed E-state index contributed by atoms with van der Waals surface area (Å²) >= 11 is 0. The van der Waals surface area contributed by atoms with Crippen LogP contribution in [0.1, 0.15) is 23.5 Å². The Labute approximate surface area is 169 Å². The van der Waals surface area contributed by atoms with Crippen molar-refractivity contribution in [2.45, 2.75) is 18.4 Å². The lowest BCUT2D eigenvalue weighted by Gasteiger charge is -2.38. The highest BCUT2D eigenvalue weighted by Gasteiger charge is 2.47. The molecule has 150 valence electrons. The van der Waals surface area contributed by atoms with Gasteiger partial charge in [0, 0.05) is 18.4 Å². The number of ether oxygens (including phenoxy) is 2. The van der Waals surface area contributed by atoms with Gasteiger partial charge in [-0.25, -0.2) is 4.79 Å². The number of likely N-dealkylation sites (tertiary alicyclic amines) is 1. The van der Waals surface area contributed by atoms with Gasteiger partial charge in [-0.15, -0.1) is 0 Å². The molecular weight excluding hydrogens is 370 g/mol. The monoisotopic (exact) mass is 393 g/mol. The van der Waals surface area contributed by atoms with Crippen LogP contribution in [-0.4, -0.2) is 54.5 Å². The molecule has 1 amide bonds. The fourth-order valence-electron chi connectivity index (χ4n) is 5.13. The number of carboxylic acids is 1. The average Bonchev–Trinajstić information content (AvgIpc) is 3.34. The Morgan fingerprint density at radius 2 is 1.69 bits per heavy atom. The van der Waals surface area contributed by atoms with Crippen LogP contribution in [0.2, 0.25) is 0 Å². The molecule has 5 rings (SSSR count). The smallest absolute Gasteiger partial charge is 0.410 e. The van der Waals surface area contributed by atoms with Gasteiger partial charge in [-0.05, 0) is 28.7 Å². The molecule has 0 radical (unpaired) electrons. The second-order valence-electron chi connectivity index (χ2n) is 8.00. The van der Waals surface area contributed by atoms with Crippen molar-refractivity contribution < 1.29 is 24.2 Å². The summed E-state index contributed by atoms with van der Waals surface area (Å²) in [4.78, 5) is 26.1. The predicted octanol–water partition coefficient (Wildman–Crippen LogP) is 3.36. The molecule has 6 heteroatoms. The first kappa shape index (κ1) is 18.2. The van der Waals surface area contributed by atoms with Crippen molar-refractivity contribution in [3.8, 4) is 11.1 Å². The standard InChI is InChI=1S/C23H23NO5/c25-22(26)18-9-10-24(21-13-28-11-20(18)21)23(27)29-12-19-16-7-3-1-5-14(16)15-6-2-4-8-17(15)19/h1-8,18-21H,9-13H2,(H,25,26)/t18-,20+,21-/m1/s1. The van der Waals surface area contributed by atoms with E-state index in [0.717, 1.165) is 0 Å². The first-order valence-electron chi connectivity index (χ1n) is 10.1. The van der Waals surface area contributed by atoms with Gasteiger partial charge in [0.2, 0.25) is 0 Å². The minimum Gasteiger partial charge on any atom is -0.481 e. The van der Waals surface area contributed by atoms with Crippen molar-refractivity contribution in [1.29, 1.82) is 0 Å². The van der Waals surface area contributed by atoms with Gasteiger partial charge >= 0.3 is 12.1 Å². The number of rotatable bonds is 3. The lowest BCUT2D eigenvalue weighted by atomic mass is 9.82. The van der Waals surface area contributed by atoms with E-state index >= 15 is 0 Å². The van der Waals surface area contributed by atoms with Crippen LogP contribution >= 0.6 is 0 Å². The van der Waals surface area contributed by atoms with E-state index in [1.54, 1.807) is 4.90 Å². The molecule has 29 heavy (non-hydrogen) atoms. The third-order valence-corrected chi connectivity index (χ3v) is 6.58. The maximum absolute atomic E-state index is 12.9. The molecule has 2 aliphatic heterocycles. The highest BCUT2D eigenvalue weighted by atomic mass is 16.6. The van der Waals surface area contributed by atoms with Gasteiger partial charge in [0.05, 0.1) is 25.2 Å². The number of nitrogens with zero attached hydrogens (tertiary/aromatic N) is 1. The summed E-state index contributed by atoms with van der Waals surface area (Å²) in [7, 11) is 0. The number of hydrogen-bond donors (Lipinski definition) is 1. The van der Waals surface area contributed by atoms with Crippen LogP contribution < -0.4 is 0 Å². The Bertz CT molecular complexity index is 912. The molecule has 6 nitrogen and oxygen atoms in total. The van der Waals surface area contributed by atoms with Gasteiger partial charge in [-0.1, -0.05) is 48.5 Å². The topological polar surface area (TPSA) is 76.1 Å². The first-order valence-corrected chi connectivity index (χ1v) is 10.1. The number of carbonyl (C=O) groups is 2. The third kappa shape index (κ3) is 2.99. The highest BCUT2D eigenvalue weighted by molar-refractivity contribution is 5.79. The Kier molecular flexibility index (Phi) is 4.51. The molecule has 0 bridgehead atoms. The molecule has 3 aliphatic rings. The average molecular weight is 393 g/mol. The van der Waals surface area contributed by atoms with E-state index in [1.165, 1.54) is 22.3 Å². The highest BCUT2D eigenvalue weighted by Crippen LogP contribution is 2.44. The van der Waals surface area contributed by atoms with Crippen molar-refractivity contribution in [2.75, 3.05) is 26.4 Å². The van der Waals surface area contributed by atoms with Crippen molar-refractivity contribution >= 4 is 12.1 Å². The van der Waals surface area contributed by atoms with Crippen molar-refractivity contribution in [1.82, 2.24) is 4.90 Å². The Morgan fingerprint density at radius 3 is 2.34 bits per heavy atom. The molecule has 0 unspecified atom stereocenters. The maximum Gasteiger partial charge on any atom is 0.410 e. The van der Waals surface area contributed by atoms with Crippen molar-refractivity contribution in [3.63, 3.8) is 0 Å². The molecule has 0 saturated carbocycles. The van der Waals surface area contributed by atoms with E-state index in [2.05, 4.69) is 24.3 Å². The van der Waals surface area contributed by atoms with E-state index in [-0.39, 0.29) is 30.6 Å². The SMILES string of the molecule is O=C(O)[C@@H]1CCN(C(=O)OCC2c3ccccc3-c3ccccc32)[C@@H]2COC[C@H]21. The number of carboxylic acid groups (broad SMARTS) is 1. The van der Waals surface area contributed by atoms with Crippen LogP contribution in [0, 0.1) is 11.8 Å². The van der Waals surface area contributed by atoms with Gasteiger partial charge in [0.1, 0.15) is 6.61 Å². The maximum atomic E-state index is 12.9. The number of benzene rings is 2. The predicted molar refractivity (Wildman–Crippen MR) is 106 cm³/mol. The number of hydrogen-bond acceptors (Lipinski definition) is 4. The van der Waals surface area contributed by atoms with Crippen molar-refractivity contribution in [2.24, 2.45) is 11.8 Å². The van der Waals surface area contributed by atoms with Crippen LogP contribution in [0.25, 0.3) is 11.1 Å². The molecule has 0 aromatic heterocycles. The summed E-state index contributed by atoms with van der Waals surface area (Å²) < 4.78 is 11.3. The Hall–Kier alpha value is -2.86. The second-order valence-corrected chi connectivity index (χ2v) is 8.00. The fraction of sp³-hybridized carbons (Fsp3) is 0.391. The van der Waals surface area contributed by atoms with E-state index in [4.69, 9.17) is 9.47 Å². The summed E-state index contributed by atoms with van der Waals surface area (Å²) in [6.45, 7) is 1.41. The van der Waals surface area contributed by atoms with Crippen LogP contribution in [0.15, 0.2) is 48.5 Å². The van der Waals surface area contributed by atoms with E-state index in [0.29, 0.717) is 26.2 Å². The lowest BCUT2D eigenvalue weighted by molar-refractivity contribution is -0.146. The molecule has 0 spiro atoms. The molecule has 2 heterocycles. The van der Waals surface area contributed by atoms with Gasteiger partial charge in [0.25, 0.3) is 0 Å². The second kappa shape index (κ2) is 7.19. The van der Waals surface area contributed by atoms with Crippen LogP contribution in [-0.2, 0) is 14.3 Å². The summed E-state index contributed by atoms with van der Waals surface area (Å²) in [6, 6.07) is 16.2. The third-order valence-electron chi connectivity index (χ3n) is 6.58. The molecular formula is C23H23NO5. The minimum absolute atomic E-state index is 0.0125. The molecule has 3 atom stereocenters. The zero-order chi connectivity index (χ0) is 20.0. The zero-order valence-corrected chi connectivity index (χ0v) is 16.0. The normalized spacial score (nSPS) is 25.2. The number of amides is 1. The summed E-state index contributed by atoms with van der Waals surface area (Å²) in [5.41, 5.74) is 4.73. The van der Waals surface area contributed by atoms with E-state index in [1.807, 2.05) is 24.3 Å². The molecule has 1 aliphatic carbocycles. The molecule has 2 aromatic rings. The molecule has 2 aromatic carbocycles. The quantitative estimate of drug-likeness (QED) is 0.865. The molecule has 1 N–H and O–H groups in total.